The average Bonchev–Trinajstić information content (AvgIpc) is 2.92. The van der Waals surface area contributed by atoms with Crippen LogP contribution in [0.1, 0.15) is 24.0 Å². The summed E-state index contributed by atoms with van der Waals surface area (Å²) in [4.78, 5) is 24.1. The number of aryl methyl sites for hydroxylation is 2. The molecule has 3 rings (SSSR count). The van der Waals surface area contributed by atoms with Gasteiger partial charge in [-0.05, 0) is 54.8 Å². The van der Waals surface area contributed by atoms with Gasteiger partial charge in [0, 0.05) is 23.0 Å². The second-order valence-electron chi connectivity index (χ2n) is 6.62. The van der Waals surface area contributed by atoms with E-state index in [2.05, 4.69) is 26.6 Å². The van der Waals surface area contributed by atoms with Crippen LogP contribution < -0.4 is 20.1 Å². The molecular weight excluding hydrogens is 424 g/mol. The first-order chi connectivity index (χ1) is 13.5. The lowest BCUT2D eigenvalue weighted by atomic mass is 10.1. The highest BCUT2D eigenvalue weighted by molar-refractivity contribution is 9.10. The molecule has 0 bridgehead atoms. The molecule has 6 nitrogen and oxygen atoms in total. The summed E-state index contributed by atoms with van der Waals surface area (Å²) in [7, 11) is 0. The van der Waals surface area contributed by atoms with E-state index in [1.165, 1.54) is 0 Å². The number of anilines is 1. The Morgan fingerprint density at radius 1 is 1.04 bits per heavy atom. The highest BCUT2D eigenvalue weighted by Gasteiger charge is 2.12. The molecule has 148 valence electrons. The number of halogens is 1. The van der Waals surface area contributed by atoms with E-state index in [1.54, 1.807) is 6.07 Å². The van der Waals surface area contributed by atoms with E-state index in [1.807, 2.05) is 37.3 Å². The van der Waals surface area contributed by atoms with Crippen LogP contribution in [0.25, 0.3) is 0 Å². The van der Waals surface area contributed by atoms with Gasteiger partial charge in [0.2, 0.25) is 11.8 Å². The Hall–Kier alpha value is -2.54. The summed E-state index contributed by atoms with van der Waals surface area (Å²) >= 11 is 3.42. The first kappa shape index (κ1) is 20.2. The molecule has 1 heterocycles. The summed E-state index contributed by atoms with van der Waals surface area (Å²) in [5.41, 5.74) is 2.72. The molecule has 2 N–H and O–H groups in total. The third-order valence-corrected chi connectivity index (χ3v) is 5.23. The molecular formula is C21H23BrN2O4. The number of hydrogen-bond acceptors (Lipinski definition) is 4. The topological polar surface area (TPSA) is 76.7 Å². The summed E-state index contributed by atoms with van der Waals surface area (Å²) in [6.45, 7) is 3.16. The number of benzene rings is 2. The highest BCUT2D eigenvalue weighted by atomic mass is 79.9. The van der Waals surface area contributed by atoms with E-state index in [4.69, 9.17) is 9.47 Å². The lowest BCUT2D eigenvalue weighted by molar-refractivity contribution is -0.124. The number of ether oxygens (including phenoxy) is 2. The van der Waals surface area contributed by atoms with Gasteiger partial charge >= 0.3 is 0 Å². The molecule has 1 aliphatic heterocycles. The number of carbonyl (C=O) groups is 2. The maximum absolute atomic E-state index is 12.1. The van der Waals surface area contributed by atoms with Crippen LogP contribution in [-0.2, 0) is 16.0 Å². The van der Waals surface area contributed by atoms with Crippen molar-refractivity contribution in [2.24, 2.45) is 0 Å². The van der Waals surface area contributed by atoms with Crippen LogP contribution in [0.15, 0.2) is 40.9 Å². The molecule has 0 aromatic heterocycles. The van der Waals surface area contributed by atoms with E-state index >= 15 is 0 Å². The number of carbonyl (C=O) groups excluding carboxylic acids is 2. The van der Waals surface area contributed by atoms with Crippen LogP contribution in [0.4, 0.5) is 5.69 Å². The molecule has 0 saturated heterocycles. The van der Waals surface area contributed by atoms with Gasteiger partial charge in [0.25, 0.3) is 0 Å². The van der Waals surface area contributed by atoms with Crippen molar-refractivity contribution < 1.29 is 19.1 Å². The van der Waals surface area contributed by atoms with Gasteiger partial charge in [-0.25, -0.2) is 0 Å². The summed E-state index contributed by atoms with van der Waals surface area (Å²) in [5, 5.41) is 5.43. The van der Waals surface area contributed by atoms with Crippen LogP contribution in [0.2, 0.25) is 0 Å². The molecule has 0 unspecified atom stereocenters. The van der Waals surface area contributed by atoms with Crippen molar-refractivity contribution in [1.82, 2.24) is 5.32 Å². The maximum atomic E-state index is 12.1. The second kappa shape index (κ2) is 9.59. The zero-order chi connectivity index (χ0) is 19.9. The Labute approximate surface area is 172 Å². The monoisotopic (exact) mass is 446 g/mol. The first-order valence-corrected chi connectivity index (χ1v) is 10.0. The summed E-state index contributed by atoms with van der Waals surface area (Å²) < 4.78 is 12.3. The minimum Gasteiger partial charge on any atom is -0.490 e. The summed E-state index contributed by atoms with van der Waals surface area (Å²) in [5.74, 6) is 1.03. The molecule has 28 heavy (non-hydrogen) atoms. The van der Waals surface area contributed by atoms with Crippen molar-refractivity contribution >= 4 is 33.4 Å². The van der Waals surface area contributed by atoms with Gasteiger partial charge in [-0.15, -0.1) is 0 Å². The molecule has 0 fully saturated rings. The fourth-order valence-electron chi connectivity index (χ4n) is 2.82. The Morgan fingerprint density at radius 3 is 2.61 bits per heavy atom. The second-order valence-corrected chi connectivity index (χ2v) is 7.47. The van der Waals surface area contributed by atoms with Crippen LogP contribution in [-0.4, -0.2) is 31.6 Å². The third kappa shape index (κ3) is 5.73. The predicted molar refractivity (Wildman–Crippen MR) is 111 cm³/mol. The number of amides is 2. The standard InChI is InChI=1S/C21H23BrN2O4/c1-14-11-16(5-6-17(14)22)24-21(26)13-23-20(25)8-4-15-3-7-18-19(12-15)28-10-2-9-27-18/h3,5-7,11-12H,2,4,8-10,13H2,1H3,(H,23,25)(H,24,26). The summed E-state index contributed by atoms with van der Waals surface area (Å²) in [6.07, 6.45) is 1.72. The maximum Gasteiger partial charge on any atom is 0.243 e. The van der Waals surface area contributed by atoms with E-state index in [0.29, 0.717) is 31.7 Å². The highest BCUT2D eigenvalue weighted by Crippen LogP contribution is 2.30. The number of hydrogen-bond donors (Lipinski definition) is 2. The van der Waals surface area contributed by atoms with Gasteiger partial charge in [0.15, 0.2) is 11.5 Å². The van der Waals surface area contributed by atoms with E-state index in [9.17, 15) is 9.59 Å². The molecule has 0 spiro atoms. The van der Waals surface area contributed by atoms with Gasteiger partial charge in [-0.2, -0.15) is 0 Å². The van der Waals surface area contributed by atoms with Gasteiger partial charge in [-0.1, -0.05) is 22.0 Å². The van der Waals surface area contributed by atoms with Crippen LogP contribution in [0.3, 0.4) is 0 Å². The van der Waals surface area contributed by atoms with Crippen LogP contribution >= 0.6 is 15.9 Å². The van der Waals surface area contributed by atoms with E-state index < -0.39 is 0 Å². The van der Waals surface area contributed by atoms with Gasteiger partial charge in [0.05, 0.1) is 19.8 Å². The SMILES string of the molecule is Cc1cc(NC(=O)CNC(=O)CCc2ccc3c(c2)OCCCO3)ccc1Br. The lowest BCUT2D eigenvalue weighted by Crippen LogP contribution is -2.32. The molecule has 0 radical (unpaired) electrons. The van der Waals surface area contributed by atoms with Gasteiger partial charge < -0.3 is 20.1 Å². The predicted octanol–water partition coefficient (Wildman–Crippen LogP) is 3.61. The number of rotatable bonds is 6. The smallest absolute Gasteiger partial charge is 0.243 e. The normalized spacial score (nSPS) is 12.8. The third-order valence-electron chi connectivity index (χ3n) is 4.34. The van der Waals surface area contributed by atoms with Crippen LogP contribution in [0, 0.1) is 6.92 Å². The lowest BCUT2D eigenvalue weighted by Gasteiger charge is -2.10. The minimum absolute atomic E-state index is 0.0604. The van der Waals surface area contributed by atoms with Crippen molar-refractivity contribution in [3.63, 3.8) is 0 Å². The van der Waals surface area contributed by atoms with E-state index in [-0.39, 0.29) is 18.4 Å². The van der Waals surface area contributed by atoms with Crippen molar-refractivity contribution in [1.29, 1.82) is 0 Å². The molecule has 0 aliphatic carbocycles. The quantitative estimate of drug-likeness (QED) is 0.710. The fourth-order valence-corrected chi connectivity index (χ4v) is 3.06. The molecule has 7 heteroatoms. The Balaban J connectivity index is 1.43. The van der Waals surface area contributed by atoms with Gasteiger partial charge in [0.1, 0.15) is 0 Å². The van der Waals surface area contributed by atoms with Gasteiger partial charge in [-0.3, -0.25) is 9.59 Å². The molecule has 1 aliphatic rings. The first-order valence-electron chi connectivity index (χ1n) is 9.22. The van der Waals surface area contributed by atoms with Crippen LogP contribution in [0.5, 0.6) is 11.5 Å². The largest absolute Gasteiger partial charge is 0.490 e. The van der Waals surface area contributed by atoms with Crippen molar-refractivity contribution in [2.75, 3.05) is 25.1 Å². The van der Waals surface area contributed by atoms with E-state index in [0.717, 1.165) is 33.5 Å². The molecule has 2 aromatic rings. The van der Waals surface area contributed by atoms with Crippen molar-refractivity contribution in [3.8, 4) is 11.5 Å². The average molecular weight is 447 g/mol. The Bertz CT molecular complexity index is 869. The Kier molecular flexibility index (Phi) is 6.92. The summed E-state index contributed by atoms with van der Waals surface area (Å²) in [6, 6.07) is 11.3. The van der Waals surface area contributed by atoms with Crippen molar-refractivity contribution in [3.05, 3.63) is 52.0 Å². The molecule has 2 aromatic carbocycles. The molecule has 0 atom stereocenters. The number of nitrogens with one attached hydrogen (secondary N) is 2. The minimum atomic E-state index is -0.259. The van der Waals surface area contributed by atoms with Crippen molar-refractivity contribution in [2.45, 2.75) is 26.2 Å². The molecule has 0 saturated carbocycles. The zero-order valence-electron chi connectivity index (χ0n) is 15.7. The number of fused-ring (bicyclic) bond motifs is 1. The Morgan fingerprint density at radius 2 is 1.82 bits per heavy atom. The zero-order valence-corrected chi connectivity index (χ0v) is 17.3. The molecule has 2 amide bonds. The fraction of sp³-hybridized carbons (Fsp3) is 0.333.